The first-order valence-corrected chi connectivity index (χ1v) is 6.87. The summed E-state index contributed by atoms with van der Waals surface area (Å²) in [7, 11) is 0. The van der Waals surface area contributed by atoms with Crippen molar-refractivity contribution in [2.75, 3.05) is 31.1 Å². The standard InChI is InChI=1S/C16H19N3/c1-2-7-16(19-11-9-17-10-12-19)14(5-1)13-15-6-3-4-8-18-15/h1-8,17H,9-13H2. The van der Waals surface area contributed by atoms with Crippen LogP contribution in [-0.4, -0.2) is 31.2 Å². The molecule has 98 valence electrons. The third-order valence-corrected chi connectivity index (χ3v) is 3.55. The van der Waals surface area contributed by atoms with E-state index in [9.17, 15) is 0 Å². The van der Waals surface area contributed by atoms with Crippen LogP contribution < -0.4 is 10.2 Å². The van der Waals surface area contributed by atoms with Gasteiger partial charge < -0.3 is 10.2 Å². The van der Waals surface area contributed by atoms with Gasteiger partial charge in [0.05, 0.1) is 0 Å². The van der Waals surface area contributed by atoms with Crippen LogP contribution in [0.1, 0.15) is 11.3 Å². The zero-order valence-corrected chi connectivity index (χ0v) is 11.0. The molecule has 1 aromatic heterocycles. The molecule has 0 saturated carbocycles. The van der Waals surface area contributed by atoms with Crippen molar-refractivity contribution in [3.63, 3.8) is 0 Å². The summed E-state index contributed by atoms with van der Waals surface area (Å²) in [5, 5.41) is 3.40. The Kier molecular flexibility index (Phi) is 3.75. The summed E-state index contributed by atoms with van der Waals surface area (Å²) in [6, 6.07) is 14.8. The van der Waals surface area contributed by atoms with Gasteiger partial charge in [-0.3, -0.25) is 4.98 Å². The van der Waals surface area contributed by atoms with Crippen LogP contribution in [0.3, 0.4) is 0 Å². The van der Waals surface area contributed by atoms with E-state index in [1.54, 1.807) is 0 Å². The number of nitrogens with one attached hydrogen (secondary N) is 1. The second kappa shape index (κ2) is 5.85. The molecular formula is C16H19N3. The van der Waals surface area contributed by atoms with Crippen molar-refractivity contribution in [1.29, 1.82) is 0 Å². The first kappa shape index (κ1) is 12.2. The maximum absolute atomic E-state index is 4.43. The van der Waals surface area contributed by atoms with Gasteiger partial charge in [-0.15, -0.1) is 0 Å². The van der Waals surface area contributed by atoms with Crippen molar-refractivity contribution >= 4 is 5.69 Å². The summed E-state index contributed by atoms with van der Waals surface area (Å²) < 4.78 is 0. The fourth-order valence-electron chi connectivity index (χ4n) is 2.57. The summed E-state index contributed by atoms with van der Waals surface area (Å²) in [6.07, 6.45) is 2.77. The Bertz CT molecular complexity index is 519. The van der Waals surface area contributed by atoms with Crippen LogP contribution in [0.5, 0.6) is 0 Å². The number of rotatable bonds is 3. The topological polar surface area (TPSA) is 28.2 Å². The number of pyridine rings is 1. The molecule has 1 aromatic carbocycles. The third kappa shape index (κ3) is 2.93. The molecule has 0 bridgehead atoms. The number of nitrogens with zero attached hydrogens (tertiary/aromatic N) is 2. The number of aromatic nitrogens is 1. The van der Waals surface area contributed by atoms with Crippen LogP contribution in [0.15, 0.2) is 48.7 Å². The number of para-hydroxylation sites is 1. The highest BCUT2D eigenvalue weighted by Gasteiger charge is 2.13. The molecule has 0 atom stereocenters. The van der Waals surface area contributed by atoms with Crippen LogP contribution >= 0.6 is 0 Å². The molecule has 0 aliphatic carbocycles. The Hall–Kier alpha value is -1.87. The van der Waals surface area contributed by atoms with Crippen LogP contribution in [0.4, 0.5) is 5.69 Å². The van der Waals surface area contributed by atoms with Gasteiger partial charge in [0.25, 0.3) is 0 Å². The molecule has 3 nitrogen and oxygen atoms in total. The smallest absolute Gasteiger partial charge is 0.0448 e. The van der Waals surface area contributed by atoms with Gasteiger partial charge in [-0.2, -0.15) is 0 Å². The summed E-state index contributed by atoms with van der Waals surface area (Å²) in [5.74, 6) is 0. The van der Waals surface area contributed by atoms with Crippen molar-refractivity contribution in [2.45, 2.75) is 6.42 Å². The monoisotopic (exact) mass is 253 g/mol. The van der Waals surface area contributed by atoms with Gasteiger partial charge in [0.2, 0.25) is 0 Å². The second-order valence-corrected chi connectivity index (χ2v) is 4.86. The molecule has 3 rings (SSSR count). The number of benzene rings is 1. The van der Waals surface area contributed by atoms with Gasteiger partial charge in [0.1, 0.15) is 0 Å². The Balaban J connectivity index is 1.84. The van der Waals surface area contributed by atoms with E-state index in [1.165, 1.54) is 11.3 Å². The minimum absolute atomic E-state index is 0.904. The predicted octanol–water partition coefficient (Wildman–Crippen LogP) is 2.08. The molecule has 2 aromatic rings. The molecule has 1 saturated heterocycles. The molecule has 0 unspecified atom stereocenters. The van der Waals surface area contributed by atoms with E-state index in [2.05, 4.69) is 51.6 Å². The highest BCUT2D eigenvalue weighted by atomic mass is 15.2. The molecule has 1 N–H and O–H groups in total. The van der Waals surface area contributed by atoms with Crippen LogP contribution in [0.25, 0.3) is 0 Å². The number of hydrogen-bond donors (Lipinski definition) is 1. The minimum atomic E-state index is 0.904. The van der Waals surface area contributed by atoms with Crippen molar-refractivity contribution in [2.24, 2.45) is 0 Å². The first-order chi connectivity index (χ1) is 9.43. The van der Waals surface area contributed by atoms with E-state index in [0.717, 1.165) is 38.3 Å². The summed E-state index contributed by atoms with van der Waals surface area (Å²) in [6.45, 7) is 4.30. The number of hydrogen-bond acceptors (Lipinski definition) is 3. The van der Waals surface area contributed by atoms with Crippen molar-refractivity contribution in [1.82, 2.24) is 10.3 Å². The minimum Gasteiger partial charge on any atom is -0.369 e. The van der Waals surface area contributed by atoms with Crippen LogP contribution in [-0.2, 0) is 6.42 Å². The maximum atomic E-state index is 4.43. The zero-order chi connectivity index (χ0) is 12.9. The molecular weight excluding hydrogens is 234 g/mol. The highest BCUT2D eigenvalue weighted by Crippen LogP contribution is 2.22. The van der Waals surface area contributed by atoms with E-state index in [4.69, 9.17) is 0 Å². The zero-order valence-electron chi connectivity index (χ0n) is 11.0. The lowest BCUT2D eigenvalue weighted by atomic mass is 10.1. The highest BCUT2D eigenvalue weighted by molar-refractivity contribution is 5.55. The third-order valence-electron chi connectivity index (χ3n) is 3.55. The van der Waals surface area contributed by atoms with Gasteiger partial charge in [-0.25, -0.2) is 0 Å². The molecule has 19 heavy (non-hydrogen) atoms. The van der Waals surface area contributed by atoms with E-state index >= 15 is 0 Å². The largest absolute Gasteiger partial charge is 0.369 e. The van der Waals surface area contributed by atoms with Crippen molar-refractivity contribution in [3.05, 3.63) is 59.9 Å². The number of piperazine rings is 1. The van der Waals surface area contributed by atoms with Crippen molar-refractivity contribution in [3.8, 4) is 0 Å². The average molecular weight is 253 g/mol. The SMILES string of the molecule is c1ccc(Cc2ccccc2N2CCNCC2)nc1. The summed E-state index contributed by atoms with van der Waals surface area (Å²) in [4.78, 5) is 6.90. The fraction of sp³-hybridized carbons (Fsp3) is 0.312. The molecule has 0 amide bonds. The van der Waals surface area contributed by atoms with Gasteiger partial charge in [0.15, 0.2) is 0 Å². The first-order valence-electron chi connectivity index (χ1n) is 6.87. The normalized spacial score (nSPS) is 15.5. The summed E-state index contributed by atoms with van der Waals surface area (Å²) in [5.41, 5.74) is 3.85. The Morgan fingerprint density at radius 1 is 1.00 bits per heavy atom. The Morgan fingerprint density at radius 2 is 1.79 bits per heavy atom. The van der Waals surface area contributed by atoms with Crippen molar-refractivity contribution < 1.29 is 0 Å². The van der Waals surface area contributed by atoms with E-state index in [1.807, 2.05) is 12.3 Å². The lowest BCUT2D eigenvalue weighted by molar-refractivity contribution is 0.588. The van der Waals surface area contributed by atoms with E-state index in [-0.39, 0.29) is 0 Å². The van der Waals surface area contributed by atoms with Gasteiger partial charge in [0, 0.05) is 50.2 Å². The van der Waals surface area contributed by atoms with E-state index in [0.29, 0.717) is 0 Å². The van der Waals surface area contributed by atoms with Gasteiger partial charge >= 0.3 is 0 Å². The lowest BCUT2D eigenvalue weighted by Gasteiger charge is -2.31. The fourth-order valence-corrected chi connectivity index (χ4v) is 2.57. The van der Waals surface area contributed by atoms with Gasteiger partial charge in [-0.1, -0.05) is 24.3 Å². The molecule has 0 spiro atoms. The molecule has 0 radical (unpaired) electrons. The molecule has 2 heterocycles. The average Bonchev–Trinajstić information content (AvgIpc) is 2.50. The second-order valence-electron chi connectivity index (χ2n) is 4.86. The van der Waals surface area contributed by atoms with Crippen LogP contribution in [0, 0.1) is 0 Å². The summed E-state index contributed by atoms with van der Waals surface area (Å²) >= 11 is 0. The number of anilines is 1. The Morgan fingerprint density at radius 3 is 2.58 bits per heavy atom. The van der Waals surface area contributed by atoms with Gasteiger partial charge in [-0.05, 0) is 23.8 Å². The molecule has 3 heteroatoms. The lowest BCUT2D eigenvalue weighted by Crippen LogP contribution is -2.43. The predicted molar refractivity (Wildman–Crippen MR) is 78.6 cm³/mol. The van der Waals surface area contributed by atoms with Crippen LogP contribution in [0.2, 0.25) is 0 Å². The maximum Gasteiger partial charge on any atom is 0.0448 e. The van der Waals surface area contributed by atoms with E-state index < -0.39 is 0 Å². The quantitative estimate of drug-likeness (QED) is 0.908. The molecule has 1 aliphatic heterocycles. The molecule has 1 aliphatic rings. The molecule has 1 fully saturated rings. The Labute approximate surface area is 114 Å².